The van der Waals surface area contributed by atoms with Crippen LogP contribution in [-0.4, -0.2) is 24.7 Å². The average Bonchev–Trinajstić information content (AvgIpc) is 2.49. The highest BCUT2D eigenvalue weighted by Gasteiger charge is 2.29. The number of rotatable bonds is 5. The molecule has 118 valence electrons. The lowest BCUT2D eigenvalue weighted by atomic mass is 9.89. The van der Waals surface area contributed by atoms with Crippen LogP contribution in [0, 0.1) is 11.7 Å². The molecule has 1 heterocycles. The van der Waals surface area contributed by atoms with E-state index in [1.54, 1.807) is 6.92 Å². The SMILES string of the molecule is CCc1c(C(=O)CC2CCC(=O)NC2=O)ccc(F)c1OC. The Morgan fingerprint density at radius 1 is 1.41 bits per heavy atom. The summed E-state index contributed by atoms with van der Waals surface area (Å²) >= 11 is 0. The summed E-state index contributed by atoms with van der Waals surface area (Å²) in [6.07, 6.45) is 1.03. The van der Waals surface area contributed by atoms with E-state index in [2.05, 4.69) is 5.32 Å². The molecule has 0 radical (unpaired) electrons. The number of ketones is 1. The third kappa shape index (κ3) is 3.16. The first-order valence-electron chi connectivity index (χ1n) is 7.20. The highest BCUT2D eigenvalue weighted by atomic mass is 19.1. The van der Waals surface area contributed by atoms with E-state index < -0.39 is 17.6 Å². The Kier molecular flexibility index (Phi) is 4.90. The summed E-state index contributed by atoms with van der Waals surface area (Å²) in [5.74, 6) is -1.95. The lowest BCUT2D eigenvalue weighted by molar-refractivity contribution is -0.136. The lowest BCUT2D eigenvalue weighted by Crippen LogP contribution is -2.41. The molecule has 6 heteroatoms. The summed E-state index contributed by atoms with van der Waals surface area (Å²) in [4.78, 5) is 35.3. The van der Waals surface area contributed by atoms with Crippen LogP contribution in [0.1, 0.15) is 42.1 Å². The third-order valence-electron chi connectivity index (χ3n) is 3.86. The first kappa shape index (κ1) is 16.1. The van der Waals surface area contributed by atoms with Crippen LogP contribution < -0.4 is 10.1 Å². The van der Waals surface area contributed by atoms with Crippen molar-refractivity contribution in [3.63, 3.8) is 0 Å². The van der Waals surface area contributed by atoms with E-state index in [0.717, 1.165) is 0 Å². The second kappa shape index (κ2) is 6.68. The van der Waals surface area contributed by atoms with Crippen molar-refractivity contribution >= 4 is 17.6 Å². The minimum absolute atomic E-state index is 0.000893. The largest absolute Gasteiger partial charge is 0.493 e. The maximum absolute atomic E-state index is 13.7. The van der Waals surface area contributed by atoms with Crippen molar-refractivity contribution < 1.29 is 23.5 Å². The number of halogens is 1. The number of ether oxygens (including phenoxy) is 1. The van der Waals surface area contributed by atoms with Gasteiger partial charge in [-0.05, 0) is 25.0 Å². The van der Waals surface area contributed by atoms with Gasteiger partial charge in [0.25, 0.3) is 0 Å². The molecule has 1 aliphatic heterocycles. The van der Waals surface area contributed by atoms with Gasteiger partial charge < -0.3 is 4.74 Å². The molecule has 0 aliphatic carbocycles. The van der Waals surface area contributed by atoms with Crippen molar-refractivity contribution in [2.75, 3.05) is 7.11 Å². The van der Waals surface area contributed by atoms with Crippen molar-refractivity contribution in [2.24, 2.45) is 5.92 Å². The van der Waals surface area contributed by atoms with Gasteiger partial charge in [-0.1, -0.05) is 6.92 Å². The normalized spacial score (nSPS) is 18.0. The first-order chi connectivity index (χ1) is 10.5. The molecule has 1 fully saturated rings. The van der Waals surface area contributed by atoms with E-state index in [9.17, 15) is 18.8 Å². The molecule has 22 heavy (non-hydrogen) atoms. The Morgan fingerprint density at radius 2 is 2.14 bits per heavy atom. The van der Waals surface area contributed by atoms with Gasteiger partial charge >= 0.3 is 0 Å². The minimum Gasteiger partial charge on any atom is -0.493 e. The highest BCUT2D eigenvalue weighted by molar-refractivity contribution is 6.04. The number of benzene rings is 1. The number of carbonyl (C=O) groups excluding carboxylic acids is 3. The number of piperidine rings is 1. The van der Waals surface area contributed by atoms with Gasteiger partial charge in [0, 0.05) is 29.9 Å². The molecule has 0 aromatic heterocycles. The second-order valence-corrected chi connectivity index (χ2v) is 5.24. The number of amides is 2. The number of methoxy groups -OCH3 is 1. The van der Waals surface area contributed by atoms with Gasteiger partial charge in [-0.15, -0.1) is 0 Å². The van der Waals surface area contributed by atoms with Gasteiger partial charge in [0.05, 0.1) is 7.11 Å². The van der Waals surface area contributed by atoms with Crippen LogP contribution >= 0.6 is 0 Å². The Hall–Kier alpha value is -2.24. The number of imide groups is 1. The van der Waals surface area contributed by atoms with Gasteiger partial charge in [-0.25, -0.2) is 4.39 Å². The molecule has 0 saturated carbocycles. The minimum atomic E-state index is -0.522. The third-order valence-corrected chi connectivity index (χ3v) is 3.86. The predicted octanol–water partition coefficient (Wildman–Crippen LogP) is 2.02. The zero-order valence-electron chi connectivity index (χ0n) is 12.6. The molecular formula is C16H18FNO4. The molecule has 0 bridgehead atoms. The van der Waals surface area contributed by atoms with E-state index in [-0.39, 0.29) is 30.3 Å². The van der Waals surface area contributed by atoms with Gasteiger partial charge in [0.2, 0.25) is 11.8 Å². The zero-order valence-corrected chi connectivity index (χ0v) is 12.6. The fourth-order valence-electron chi connectivity index (χ4n) is 2.70. The molecule has 1 unspecified atom stereocenters. The predicted molar refractivity (Wildman–Crippen MR) is 77.2 cm³/mol. The molecule has 1 atom stereocenters. The van der Waals surface area contributed by atoms with Crippen molar-refractivity contribution in [1.29, 1.82) is 0 Å². The summed E-state index contributed by atoms with van der Waals surface area (Å²) in [5.41, 5.74) is 0.866. The van der Waals surface area contributed by atoms with Crippen LogP contribution in [0.15, 0.2) is 12.1 Å². The van der Waals surface area contributed by atoms with E-state index in [1.165, 1.54) is 19.2 Å². The van der Waals surface area contributed by atoms with E-state index >= 15 is 0 Å². The molecule has 0 spiro atoms. The molecule has 5 nitrogen and oxygen atoms in total. The fourth-order valence-corrected chi connectivity index (χ4v) is 2.70. The van der Waals surface area contributed by atoms with Gasteiger partial charge in [0.15, 0.2) is 17.3 Å². The monoisotopic (exact) mass is 307 g/mol. The highest BCUT2D eigenvalue weighted by Crippen LogP contribution is 2.29. The van der Waals surface area contributed by atoms with Crippen LogP contribution in [0.5, 0.6) is 5.75 Å². The van der Waals surface area contributed by atoms with Crippen LogP contribution in [0.3, 0.4) is 0 Å². The number of carbonyl (C=O) groups is 3. The maximum atomic E-state index is 13.7. The number of hydrogen-bond donors (Lipinski definition) is 1. The second-order valence-electron chi connectivity index (χ2n) is 5.24. The summed E-state index contributed by atoms with van der Waals surface area (Å²) < 4.78 is 18.7. The molecule has 1 saturated heterocycles. The van der Waals surface area contributed by atoms with Crippen molar-refractivity contribution in [3.05, 3.63) is 29.1 Å². The van der Waals surface area contributed by atoms with Gasteiger partial charge in [-0.3, -0.25) is 19.7 Å². The molecular weight excluding hydrogens is 289 g/mol. The average molecular weight is 307 g/mol. The summed E-state index contributed by atoms with van der Waals surface area (Å²) in [5, 5.41) is 2.23. The number of nitrogens with one attached hydrogen (secondary N) is 1. The van der Waals surface area contributed by atoms with E-state index in [4.69, 9.17) is 4.74 Å². The van der Waals surface area contributed by atoms with Gasteiger partial charge in [0.1, 0.15) is 0 Å². The van der Waals surface area contributed by atoms with Gasteiger partial charge in [-0.2, -0.15) is 0 Å². The lowest BCUT2D eigenvalue weighted by Gasteiger charge is -2.20. The van der Waals surface area contributed by atoms with Crippen LogP contribution in [0.2, 0.25) is 0 Å². The smallest absolute Gasteiger partial charge is 0.230 e. The standard InChI is InChI=1S/C16H18FNO4/c1-3-10-11(5-6-12(17)15(10)22-2)13(19)8-9-4-7-14(20)18-16(9)21/h5-6,9H,3-4,7-8H2,1-2H3,(H,18,20,21). The number of Topliss-reactive ketones (excluding diaryl/α,β-unsaturated/α-hetero) is 1. The summed E-state index contributed by atoms with van der Waals surface area (Å²) in [7, 11) is 1.35. The maximum Gasteiger partial charge on any atom is 0.230 e. The Balaban J connectivity index is 2.23. The molecule has 1 aliphatic rings. The molecule has 2 rings (SSSR count). The van der Waals surface area contributed by atoms with Crippen LogP contribution in [-0.2, 0) is 16.0 Å². The molecule has 1 N–H and O–H groups in total. The van der Waals surface area contributed by atoms with Crippen LogP contribution in [0.25, 0.3) is 0 Å². The Morgan fingerprint density at radius 3 is 2.73 bits per heavy atom. The van der Waals surface area contributed by atoms with E-state index in [0.29, 0.717) is 24.0 Å². The quantitative estimate of drug-likeness (QED) is 0.667. The molecule has 2 amide bonds. The topological polar surface area (TPSA) is 72.5 Å². The van der Waals surface area contributed by atoms with Crippen molar-refractivity contribution in [3.8, 4) is 5.75 Å². The number of hydrogen-bond acceptors (Lipinski definition) is 4. The fraction of sp³-hybridized carbons (Fsp3) is 0.438. The molecule has 1 aromatic rings. The summed E-state index contributed by atoms with van der Waals surface area (Å²) in [6, 6.07) is 2.61. The first-order valence-corrected chi connectivity index (χ1v) is 7.20. The Labute approximate surface area is 127 Å². The molecule has 1 aromatic carbocycles. The van der Waals surface area contributed by atoms with Crippen molar-refractivity contribution in [1.82, 2.24) is 5.32 Å². The van der Waals surface area contributed by atoms with E-state index in [1.807, 2.05) is 0 Å². The summed E-state index contributed by atoms with van der Waals surface area (Å²) in [6.45, 7) is 1.81. The Bertz CT molecular complexity index is 627. The van der Waals surface area contributed by atoms with Crippen LogP contribution in [0.4, 0.5) is 4.39 Å². The van der Waals surface area contributed by atoms with Crippen molar-refractivity contribution in [2.45, 2.75) is 32.6 Å². The zero-order chi connectivity index (χ0) is 16.3.